The fraction of sp³-hybridized carbons (Fsp3) is 0.500. The molecule has 1 N–H and O–H groups in total. The summed E-state index contributed by atoms with van der Waals surface area (Å²) in [6.07, 6.45) is 0.899. The number of nitrogens with zero attached hydrogens (tertiary/aromatic N) is 1. The largest absolute Gasteiger partial charge is 0.313 e. The summed E-state index contributed by atoms with van der Waals surface area (Å²) >= 11 is 0. The summed E-state index contributed by atoms with van der Waals surface area (Å²) in [6.45, 7) is 4.45. The quantitative estimate of drug-likeness (QED) is 0.609. The van der Waals surface area contributed by atoms with E-state index in [0.717, 1.165) is 6.42 Å². The third-order valence-corrected chi connectivity index (χ3v) is 4.56. The van der Waals surface area contributed by atoms with Crippen LogP contribution in [0.1, 0.15) is 20.3 Å². The molecule has 0 aliphatic rings. The van der Waals surface area contributed by atoms with Gasteiger partial charge in [0.25, 0.3) is 5.69 Å². The predicted molar refractivity (Wildman–Crippen MR) is 72.9 cm³/mol. The maximum Gasteiger partial charge on any atom is 0.287 e. The van der Waals surface area contributed by atoms with Gasteiger partial charge in [-0.15, -0.1) is 0 Å². The van der Waals surface area contributed by atoms with E-state index < -0.39 is 14.8 Å². The lowest BCUT2D eigenvalue weighted by Crippen LogP contribution is -2.33. The Morgan fingerprint density at radius 1 is 1.37 bits per heavy atom. The highest BCUT2D eigenvalue weighted by Crippen LogP contribution is 2.24. The molecule has 0 saturated carbocycles. The van der Waals surface area contributed by atoms with Gasteiger partial charge in [-0.3, -0.25) is 10.1 Å². The van der Waals surface area contributed by atoms with Crippen molar-refractivity contribution >= 4 is 15.5 Å². The third-order valence-electron chi connectivity index (χ3n) is 2.61. The van der Waals surface area contributed by atoms with Crippen LogP contribution in [0.4, 0.5) is 5.69 Å². The van der Waals surface area contributed by atoms with E-state index in [9.17, 15) is 18.5 Å². The number of para-hydroxylation sites is 1. The summed E-state index contributed by atoms with van der Waals surface area (Å²) < 4.78 is 24.4. The molecule has 0 aliphatic heterocycles. The zero-order valence-electron chi connectivity index (χ0n) is 11.0. The molecule has 0 spiro atoms. The van der Waals surface area contributed by atoms with Crippen LogP contribution in [0.15, 0.2) is 29.2 Å². The van der Waals surface area contributed by atoms with Gasteiger partial charge < -0.3 is 5.32 Å². The predicted octanol–water partition coefficient (Wildman–Crippen LogP) is 1.76. The molecule has 0 radical (unpaired) electrons. The highest BCUT2D eigenvalue weighted by molar-refractivity contribution is 7.91. The lowest BCUT2D eigenvalue weighted by molar-refractivity contribution is -0.387. The van der Waals surface area contributed by atoms with E-state index >= 15 is 0 Å². The van der Waals surface area contributed by atoms with Crippen LogP contribution in [0, 0.1) is 10.1 Å². The van der Waals surface area contributed by atoms with E-state index in [-0.39, 0.29) is 22.4 Å². The summed E-state index contributed by atoms with van der Waals surface area (Å²) in [5.74, 6) is -0.155. The highest BCUT2D eigenvalue weighted by Gasteiger charge is 2.26. The molecule has 0 aromatic heterocycles. The van der Waals surface area contributed by atoms with Crippen molar-refractivity contribution in [3.63, 3.8) is 0 Å². The van der Waals surface area contributed by atoms with Gasteiger partial charge in [0.05, 0.1) is 10.7 Å². The average Bonchev–Trinajstić information content (AvgIpc) is 2.35. The first-order chi connectivity index (χ1) is 8.88. The number of benzene rings is 1. The minimum atomic E-state index is -3.67. The van der Waals surface area contributed by atoms with E-state index in [1.165, 1.54) is 24.3 Å². The Bertz CT molecular complexity index is 542. The van der Waals surface area contributed by atoms with E-state index in [0.29, 0.717) is 6.54 Å². The normalized spacial score (nSPS) is 13.2. The first kappa shape index (κ1) is 15.6. The maximum absolute atomic E-state index is 12.2. The van der Waals surface area contributed by atoms with Crippen molar-refractivity contribution < 1.29 is 13.3 Å². The van der Waals surface area contributed by atoms with Gasteiger partial charge >= 0.3 is 0 Å². The average molecular weight is 286 g/mol. The number of nitro benzene ring substituents is 1. The Labute approximate surface area is 112 Å². The molecular formula is C12H18N2O4S. The van der Waals surface area contributed by atoms with Crippen LogP contribution in [0.3, 0.4) is 0 Å². The van der Waals surface area contributed by atoms with E-state index in [1.54, 1.807) is 6.92 Å². The standard InChI is InChI=1S/C12H18N2O4S/c1-3-8-13-10(2)9-19(17,18)12-7-5-4-6-11(12)14(15)16/h4-7,10,13H,3,8-9H2,1-2H3. The van der Waals surface area contributed by atoms with Crippen molar-refractivity contribution in [3.8, 4) is 0 Å². The summed E-state index contributed by atoms with van der Waals surface area (Å²) in [5.41, 5.74) is -0.370. The second kappa shape index (κ2) is 6.63. The molecule has 6 nitrogen and oxygen atoms in total. The molecule has 7 heteroatoms. The fourth-order valence-electron chi connectivity index (χ4n) is 1.74. The van der Waals surface area contributed by atoms with Crippen molar-refractivity contribution in [1.82, 2.24) is 5.32 Å². The number of nitro groups is 1. The first-order valence-electron chi connectivity index (χ1n) is 6.08. The van der Waals surface area contributed by atoms with Crippen LogP contribution in [-0.2, 0) is 9.84 Å². The molecule has 106 valence electrons. The maximum atomic E-state index is 12.2. The van der Waals surface area contributed by atoms with Crippen molar-refractivity contribution in [1.29, 1.82) is 0 Å². The first-order valence-corrected chi connectivity index (χ1v) is 7.73. The van der Waals surface area contributed by atoms with Gasteiger partial charge in [-0.1, -0.05) is 19.1 Å². The van der Waals surface area contributed by atoms with Gasteiger partial charge in [-0.05, 0) is 26.0 Å². The minimum Gasteiger partial charge on any atom is -0.313 e. The number of hydrogen-bond acceptors (Lipinski definition) is 5. The number of sulfone groups is 1. The topological polar surface area (TPSA) is 89.3 Å². The zero-order chi connectivity index (χ0) is 14.5. The summed E-state index contributed by atoms with van der Waals surface area (Å²) in [5, 5.41) is 13.9. The van der Waals surface area contributed by atoms with Crippen molar-refractivity contribution in [2.45, 2.75) is 31.2 Å². The molecule has 1 aromatic rings. The molecule has 1 rings (SSSR count). The SMILES string of the molecule is CCCNC(C)CS(=O)(=O)c1ccccc1[N+](=O)[O-]. The van der Waals surface area contributed by atoms with Gasteiger partial charge in [-0.2, -0.15) is 0 Å². The molecule has 1 atom stereocenters. The Kier molecular flexibility index (Phi) is 5.44. The smallest absolute Gasteiger partial charge is 0.287 e. The van der Waals surface area contributed by atoms with Crippen LogP contribution in [0.2, 0.25) is 0 Å². The monoisotopic (exact) mass is 286 g/mol. The van der Waals surface area contributed by atoms with Crippen molar-refractivity contribution in [3.05, 3.63) is 34.4 Å². The fourth-order valence-corrected chi connectivity index (χ4v) is 3.44. The molecule has 0 amide bonds. The third kappa shape index (κ3) is 4.29. The lowest BCUT2D eigenvalue weighted by atomic mass is 10.3. The van der Waals surface area contributed by atoms with E-state index in [2.05, 4.69) is 5.32 Å². The second-order valence-electron chi connectivity index (χ2n) is 4.36. The zero-order valence-corrected chi connectivity index (χ0v) is 11.8. The van der Waals surface area contributed by atoms with Gasteiger partial charge in [0.15, 0.2) is 9.84 Å². The molecular weight excluding hydrogens is 268 g/mol. The Morgan fingerprint density at radius 2 is 2.00 bits per heavy atom. The summed E-state index contributed by atoms with van der Waals surface area (Å²) in [6, 6.07) is 5.18. The second-order valence-corrected chi connectivity index (χ2v) is 6.36. The van der Waals surface area contributed by atoms with Gasteiger partial charge in [0.2, 0.25) is 0 Å². The Morgan fingerprint density at radius 3 is 2.58 bits per heavy atom. The van der Waals surface area contributed by atoms with Crippen LogP contribution in [0.5, 0.6) is 0 Å². The van der Waals surface area contributed by atoms with Crippen LogP contribution in [0.25, 0.3) is 0 Å². The minimum absolute atomic E-state index is 0.155. The van der Waals surface area contributed by atoms with Crippen LogP contribution >= 0.6 is 0 Å². The summed E-state index contributed by atoms with van der Waals surface area (Å²) in [7, 11) is -3.67. The van der Waals surface area contributed by atoms with Gasteiger partial charge in [0.1, 0.15) is 4.90 Å². The molecule has 0 saturated heterocycles. The lowest BCUT2D eigenvalue weighted by Gasteiger charge is -2.13. The Balaban J connectivity index is 2.98. The van der Waals surface area contributed by atoms with Crippen LogP contribution in [-0.4, -0.2) is 31.7 Å². The van der Waals surface area contributed by atoms with Crippen LogP contribution < -0.4 is 5.32 Å². The van der Waals surface area contributed by atoms with Gasteiger partial charge in [0, 0.05) is 12.1 Å². The highest BCUT2D eigenvalue weighted by atomic mass is 32.2. The molecule has 1 unspecified atom stereocenters. The van der Waals surface area contributed by atoms with Crippen molar-refractivity contribution in [2.75, 3.05) is 12.3 Å². The van der Waals surface area contributed by atoms with E-state index in [1.807, 2.05) is 6.92 Å². The molecule has 19 heavy (non-hydrogen) atoms. The Hall–Kier alpha value is -1.47. The molecule has 0 heterocycles. The summed E-state index contributed by atoms with van der Waals surface area (Å²) in [4.78, 5) is 9.96. The number of hydrogen-bond donors (Lipinski definition) is 1. The molecule has 0 bridgehead atoms. The number of nitrogens with one attached hydrogen (secondary N) is 1. The van der Waals surface area contributed by atoms with Gasteiger partial charge in [-0.25, -0.2) is 8.42 Å². The molecule has 1 aromatic carbocycles. The number of rotatable bonds is 7. The van der Waals surface area contributed by atoms with Crippen molar-refractivity contribution in [2.24, 2.45) is 0 Å². The van der Waals surface area contributed by atoms with E-state index in [4.69, 9.17) is 0 Å². The molecule has 0 aliphatic carbocycles. The molecule has 0 fully saturated rings.